The summed E-state index contributed by atoms with van der Waals surface area (Å²) < 4.78 is 27.2. The van der Waals surface area contributed by atoms with Crippen LogP contribution in [0.3, 0.4) is 0 Å². The lowest BCUT2D eigenvalue weighted by atomic mass is 10.1. The van der Waals surface area contributed by atoms with Crippen LogP contribution in [0.4, 0.5) is 0 Å². The van der Waals surface area contributed by atoms with E-state index < -0.39 is 10.0 Å². The van der Waals surface area contributed by atoms with Crippen LogP contribution in [-0.2, 0) is 10.0 Å². The molecule has 0 aliphatic rings. The molecule has 0 saturated carbocycles. The third-order valence-electron chi connectivity index (χ3n) is 5.17. The lowest BCUT2D eigenvalue weighted by molar-refractivity contribution is 0.0934. The molecule has 0 unspecified atom stereocenters. The first-order valence-electron chi connectivity index (χ1n) is 10.4. The van der Waals surface area contributed by atoms with E-state index in [2.05, 4.69) is 15.3 Å². The molecule has 0 spiro atoms. The molecule has 0 aliphatic heterocycles. The Morgan fingerprint density at radius 2 is 1.94 bits per heavy atom. The Labute approximate surface area is 198 Å². The molecule has 172 valence electrons. The van der Waals surface area contributed by atoms with Crippen LogP contribution in [0.25, 0.3) is 11.0 Å². The Morgan fingerprint density at radius 1 is 1.22 bits per heavy atom. The molecule has 2 N–H and O–H groups in total. The summed E-state index contributed by atoms with van der Waals surface area (Å²) in [5.41, 5.74) is 1.94. The molecule has 0 fully saturated rings. The van der Waals surface area contributed by atoms with Gasteiger partial charge in [-0.3, -0.25) is 4.79 Å². The maximum Gasteiger partial charge on any atom is 0.251 e. The zero-order chi connectivity index (χ0) is 23.3. The fourth-order valence-corrected chi connectivity index (χ4v) is 5.87. The van der Waals surface area contributed by atoms with Gasteiger partial charge in [-0.25, -0.2) is 13.4 Å². The summed E-state index contributed by atoms with van der Waals surface area (Å²) in [4.78, 5) is 20.9. The van der Waals surface area contributed by atoms with Gasteiger partial charge in [0, 0.05) is 18.7 Å². The van der Waals surface area contributed by atoms with E-state index in [-0.39, 0.29) is 27.4 Å². The molecule has 1 aromatic heterocycles. The topological polar surface area (TPSA) is 95.2 Å². The summed E-state index contributed by atoms with van der Waals surface area (Å²) in [6.45, 7) is 4.15. The third kappa shape index (κ3) is 5.28. The van der Waals surface area contributed by atoms with Crippen molar-refractivity contribution in [2.45, 2.75) is 31.2 Å². The minimum absolute atomic E-state index is 0.0695. The van der Waals surface area contributed by atoms with Crippen LogP contribution in [0.15, 0.2) is 47.4 Å². The summed E-state index contributed by atoms with van der Waals surface area (Å²) in [6.07, 6.45) is 2.67. The smallest absolute Gasteiger partial charge is 0.251 e. The number of halogens is 1. The lowest BCUT2D eigenvalue weighted by Gasteiger charge is -2.20. The van der Waals surface area contributed by atoms with Gasteiger partial charge in [-0.1, -0.05) is 37.6 Å². The predicted molar refractivity (Wildman–Crippen MR) is 131 cm³/mol. The zero-order valence-electron chi connectivity index (χ0n) is 18.3. The normalized spacial score (nSPS) is 12.9. The van der Waals surface area contributed by atoms with E-state index in [1.54, 1.807) is 25.6 Å². The molecular weight excluding hydrogens is 468 g/mol. The van der Waals surface area contributed by atoms with Crippen molar-refractivity contribution in [3.63, 3.8) is 0 Å². The summed E-state index contributed by atoms with van der Waals surface area (Å²) in [5.74, 6) is 1.10. The van der Waals surface area contributed by atoms with E-state index in [0.29, 0.717) is 25.3 Å². The highest BCUT2D eigenvalue weighted by Crippen LogP contribution is 2.27. The van der Waals surface area contributed by atoms with Gasteiger partial charge in [-0.2, -0.15) is 16.1 Å². The summed E-state index contributed by atoms with van der Waals surface area (Å²) in [6, 6.07) is 11.7. The maximum atomic E-state index is 13.1. The van der Waals surface area contributed by atoms with Crippen LogP contribution in [0.2, 0.25) is 5.02 Å². The molecule has 32 heavy (non-hydrogen) atoms. The first-order valence-corrected chi connectivity index (χ1v) is 13.6. The molecule has 1 atom stereocenters. The molecule has 0 saturated heterocycles. The molecule has 0 bridgehead atoms. The molecule has 1 heterocycles. The Morgan fingerprint density at radius 3 is 2.59 bits per heavy atom. The van der Waals surface area contributed by atoms with Gasteiger partial charge in [-0.05, 0) is 48.8 Å². The van der Waals surface area contributed by atoms with Crippen molar-refractivity contribution < 1.29 is 13.2 Å². The molecule has 2 aromatic carbocycles. The van der Waals surface area contributed by atoms with Gasteiger partial charge >= 0.3 is 0 Å². The number of thioether (sulfide) groups is 1. The molecule has 0 aliphatic carbocycles. The van der Waals surface area contributed by atoms with E-state index in [9.17, 15) is 13.2 Å². The number of carbonyl (C=O) groups is 1. The molecule has 1 amide bonds. The molecule has 3 rings (SSSR count). The summed E-state index contributed by atoms with van der Waals surface area (Å²) >= 11 is 7.88. The highest BCUT2D eigenvalue weighted by atomic mass is 35.5. The maximum absolute atomic E-state index is 13.1. The van der Waals surface area contributed by atoms with Gasteiger partial charge in [0.05, 0.1) is 22.1 Å². The van der Waals surface area contributed by atoms with Crippen molar-refractivity contribution in [3.05, 3.63) is 58.9 Å². The van der Waals surface area contributed by atoms with Crippen LogP contribution in [0.1, 0.15) is 42.5 Å². The molecular formula is C22H27ClN4O3S2. The molecule has 7 nitrogen and oxygen atoms in total. The number of sulfonamides is 1. The van der Waals surface area contributed by atoms with E-state index in [0.717, 1.165) is 16.8 Å². The molecule has 0 radical (unpaired) electrons. The van der Waals surface area contributed by atoms with Crippen molar-refractivity contribution in [2.24, 2.45) is 0 Å². The minimum Gasteiger partial charge on any atom is -0.342 e. The first kappa shape index (κ1) is 24.6. The second-order valence-electron chi connectivity index (χ2n) is 7.18. The monoisotopic (exact) mass is 494 g/mol. The van der Waals surface area contributed by atoms with Crippen molar-refractivity contribution in [1.82, 2.24) is 19.6 Å². The highest BCUT2D eigenvalue weighted by Gasteiger charge is 2.26. The van der Waals surface area contributed by atoms with Gasteiger partial charge in [0.25, 0.3) is 5.91 Å². The second-order valence-corrected chi connectivity index (χ2v) is 10.5. The van der Waals surface area contributed by atoms with Crippen LogP contribution in [-0.4, -0.2) is 53.7 Å². The van der Waals surface area contributed by atoms with Gasteiger partial charge in [-0.15, -0.1) is 0 Å². The number of hydrogen-bond acceptors (Lipinski definition) is 5. The third-order valence-corrected chi connectivity index (χ3v) is 8.35. The summed E-state index contributed by atoms with van der Waals surface area (Å²) in [7, 11) is -3.80. The van der Waals surface area contributed by atoms with Crippen molar-refractivity contribution in [1.29, 1.82) is 0 Å². The number of aromatic amines is 1. The minimum atomic E-state index is -3.80. The Kier molecular flexibility index (Phi) is 8.21. The average Bonchev–Trinajstić information content (AvgIpc) is 3.21. The lowest BCUT2D eigenvalue weighted by Crippen LogP contribution is -2.32. The van der Waals surface area contributed by atoms with Crippen molar-refractivity contribution in [3.8, 4) is 0 Å². The standard InChI is InChI=1S/C22H27ClN4O3S2/c1-4-27(5-2)32(29,30)20-14-15(10-11-16(20)23)22(28)26-19(12-13-31-3)21-24-17-8-6-7-9-18(17)25-21/h6-11,14,19H,4-5,12-13H2,1-3H3,(H,24,25)(H,26,28)/t19-/m1/s1. The van der Waals surface area contributed by atoms with Crippen LogP contribution in [0.5, 0.6) is 0 Å². The quantitative estimate of drug-likeness (QED) is 0.433. The number of nitrogens with one attached hydrogen (secondary N) is 2. The number of benzene rings is 2. The van der Waals surface area contributed by atoms with Crippen molar-refractivity contribution in [2.75, 3.05) is 25.1 Å². The number of nitrogens with zero attached hydrogens (tertiary/aromatic N) is 2. The number of carbonyl (C=O) groups excluding carboxylic acids is 1. The van der Waals surface area contributed by atoms with Gasteiger partial charge < -0.3 is 10.3 Å². The number of rotatable bonds is 10. The fraction of sp³-hybridized carbons (Fsp3) is 0.364. The zero-order valence-corrected chi connectivity index (χ0v) is 20.6. The Balaban J connectivity index is 1.91. The van der Waals surface area contributed by atoms with Crippen LogP contribution >= 0.6 is 23.4 Å². The largest absolute Gasteiger partial charge is 0.342 e. The van der Waals surface area contributed by atoms with E-state index >= 15 is 0 Å². The van der Waals surface area contributed by atoms with Crippen LogP contribution < -0.4 is 5.32 Å². The first-order chi connectivity index (χ1) is 15.3. The average molecular weight is 495 g/mol. The van der Waals surface area contributed by atoms with Gasteiger partial charge in [0.2, 0.25) is 10.0 Å². The van der Waals surface area contributed by atoms with E-state index in [4.69, 9.17) is 11.6 Å². The number of aromatic nitrogens is 2. The molecule has 3 aromatic rings. The van der Waals surface area contributed by atoms with Crippen molar-refractivity contribution >= 4 is 50.3 Å². The Bertz CT molecular complexity index is 1160. The number of hydrogen-bond donors (Lipinski definition) is 2. The van der Waals surface area contributed by atoms with Gasteiger partial charge in [0.1, 0.15) is 10.7 Å². The highest BCUT2D eigenvalue weighted by molar-refractivity contribution is 7.98. The fourth-order valence-electron chi connectivity index (χ4n) is 3.44. The van der Waals surface area contributed by atoms with E-state index in [1.165, 1.54) is 22.5 Å². The second kappa shape index (κ2) is 10.7. The SMILES string of the molecule is CCN(CC)S(=O)(=O)c1cc(C(=O)N[C@H](CCSC)c2nc3ccccc3[nH]2)ccc1Cl. The molecule has 10 heteroatoms. The number of para-hydroxylation sites is 2. The predicted octanol–water partition coefficient (Wildman–Crippen LogP) is 4.47. The van der Waals surface area contributed by atoms with Crippen LogP contribution in [0, 0.1) is 0 Å². The number of imidazole rings is 1. The number of amides is 1. The van der Waals surface area contributed by atoms with E-state index in [1.807, 2.05) is 30.5 Å². The number of H-pyrrole nitrogens is 1. The van der Waals surface area contributed by atoms with Gasteiger partial charge in [0.15, 0.2) is 0 Å². The summed E-state index contributed by atoms with van der Waals surface area (Å²) in [5, 5.41) is 3.09. The Hall–Kier alpha value is -2.07. The number of fused-ring (bicyclic) bond motifs is 1.